The highest BCUT2D eigenvalue weighted by Crippen LogP contribution is 2.18. The average molecular weight is 388 g/mol. The van der Waals surface area contributed by atoms with E-state index in [9.17, 15) is 8.42 Å². The van der Waals surface area contributed by atoms with Crippen molar-refractivity contribution in [2.45, 2.75) is 18.4 Å². The second-order valence-electron chi connectivity index (χ2n) is 5.04. The largest absolute Gasteiger partial charge is 0.300 e. The molecule has 0 radical (unpaired) electrons. The maximum Gasteiger partial charge on any atom is 0.179 e. The average Bonchev–Trinajstić information content (AvgIpc) is 2.83. The number of hydrogen-bond donors (Lipinski definition) is 0. The Balaban J connectivity index is 1.95. The molecule has 0 bridgehead atoms. The Morgan fingerprint density at radius 3 is 2.43 bits per heavy atom. The lowest BCUT2D eigenvalue weighted by atomic mass is 10.3. The summed E-state index contributed by atoms with van der Waals surface area (Å²) in [4.78, 5) is 3.72. The van der Waals surface area contributed by atoms with Gasteiger partial charge in [0.25, 0.3) is 0 Å². The summed E-state index contributed by atoms with van der Waals surface area (Å²) in [6, 6.07) is 8.88. The van der Waals surface area contributed by atoms with Gasteiger partial charge < -0.3 is 4.90 Å². The van der Waals surface area contributed by atoms with Gasteiger partial charge in [0.15, 0.2) is 9.84 Å². The molecule has 2 rings (SSSR count). The van der Waals surface area contributed by atoms with Gasteiger partial charge in [-0.05, 0) is 55.2 Å². The first-order valence-electron chi connectivity index (χ1n) is 6.58. The highest BCUT2D eigenvalue weighted by Gasteiger charge is 2.15. The van der Waals surface area contributed by atoms with Crippen LogP contribution in [0.1, 0.15) is 10.4 Å². The van der Waals surface area contributed by atoms with E-state index in [2.05, 4.69) is 39.2 Å². The molecule has 0 saturated heterocycles. The van der Waals surface area contributed by atoms with Crippen molar-refractivity contribution >= 4 is 37.1 Å². The predicted octanol–water partition coefficient (Wildman–Crippen LogP) is 3.72. The molecule has 3 nitrogen and oxygen atoms in total. The molecule has 0 aliphatic rings. The van der Waals surface area contributed by atoms with Gasteiger partial charge in [-0.3, -0.25) is 0 Å². The third kappa shape index (κ3) is 4.64. The molecule has 0 aliphatic carbocycles. The highest BCUT2D eigenvalue weighted by atomic mass is 79.9. The Labute approximate surface area is 138 Å². The summed E-state index contributed by atoms with van der Waals surface area (Å²) in [5.41, 5.74) is 1.27. The van der Waals surface area contributed by atoms with Gasteiger partial charge in [0.2, 0.25) is 0 Å². The van der Waals surface area contributed by atoms with E-state index < -0.39 is 9.84 Å². The summed E-state index contributed by atoms with van der Waals surface area (Å²) in [5, 5.41) is 2.07. The number of thiophene rings is 1. The van der Waals surface area contributed by atoms with Crippen LogP contribution < -0.4 is 0 Å². The Hall–Kier alpha value is -0.690. The highest BCUT2D eigenvalue weighted by molar-refractivity contribution is 9.10. The molecule has 1 heterocycles. The van der Waals surface area contributed by atoms with Crippen molar-refractivity contribution in [2.75, 3.05) is 19.3 Å². The van der Waals surface area contributed by atoms with Gasteiger partial charge in [0.1, 0.15) is 0 Å². The third-order valence-corrected chi connectivity index (χ3v) is 6.54. The summed E-state index contributed by atoms with van der Waals surface area (Å²) >= 11 is 5.03. The number of sulfone groups is 1. The lowest BCUT2D eigenvalue weighted by molar-refractivity contribution is 0.348. The van der Waals surface area contributed by atoms with Crippen LogP contribution in [-0.4, -0.2) is 32.7 Å². The minimum Gasteiger partial charge on any atom is -0.300 e. The van der Waals surface area contributed by atoms with Crippen molar-refractivity contribution < 1.29 is 8.42 Å². The van der Waals surface area contributed by atoms with E-state index in [-0.39, 0.29) is 5.75 Å². The van der Waals surface area contributed by atoms with Crippen molar-refractivity contribution in [3.63, 3.8) is 0 Å². The van der Waals surface area contributed by atoms with Gasteiger partial charge in [-0.15, -0.1) is 11.3 Å². The number of hydrogen-bond acceptors (Lipinski definition) is 4. The lowest BCUT2D eigenvalue weighted by Crippen LogP contribution is -2.25. The van der Waals surface area contributed by atoms with Crippen molar-refractivity contribution in [3.05, 3.63) is 50.6 Å². The molecule has 0 unspecified atom stereocenters. The first-order chi connectivity index (χ1) is 9.88. The van der Waals surface area contributed by atoms with Crippen LogP contribution in [0, 0.1) is 6.92 Å². The quantitative estimate of drug-likeness (QED) is 0.757. The second-order valence-corrected chi connectivity index (χ2v) is 9.06. The van der Waals surface area contributed by atoms with Crippen LogP contribution in [0.5, 0.6) is 0 Å². The fourth-order valence-electron chi connectivity index (χ4n) is 1.93. The predicted molar refractivity (Wildman–Crippen MR) is 91.6 cm³/mol. The monoisotopic (exact) mass is 387 g/mol. The molecular formula is C15H18BrNO2S2. The standard InChI is InChI=1S/C15H18BrNO2S2/c1-12-7-9-20-15(12)11-17(2)8-10-21(18,19)14-5-3-13(16)4-6-14/h3-7,9H,8,10-11H2,1-2H3. The van der Waals surface area contributed by atoms with Crippen LogP contribution in [0.15, 0.2) is 45.1 Å². The molecule has 0 fully saturated rings. The number of nitrogens with zero attached hydrogens (tertiary/aromatic N) is 1. The Kier molecular flexibility index (Phi) is 5.60. The molecule has 21 heavy (non-hydrogen) atoms. The number of aryl methyl sites for hydroxylation is 1. The van der Waals surface area contributed by atoms with E-state index in [0.29, 0.717) is 11.4 Å². The molecule has 114 valence electrons. The zero-order valence-corrected chi connectivity index (χ0v) is 15.3. The van der Waals surface area contributed by atoms with Crippen LogP contribution in [0.4, 0.5) is 0 Å². The van der Waals surface area contributed by atoms with Crippen molar-refractivity contribution in [1.29, 1.82) is 0 Å². The third-order valence-electron chi connectivity index (χ3n) is 3.30. The molecule has 0 saturated carbocycles. The van der Waals surface area contributed by atoms with E-state index in [1.54, 1.807) is 35.6 Å². The van der Waals surface area contributed by atoms with Gasteiger partial charge in [0.05, 0.1) is 10.6 Å². The molecule has 0 atom stereocenters. The van der Waals surface area contributed by atoms with Crippen molar-refractivity contribution in [2.24, 2.45) is 0 Å². The molecule has 0 N–H and O–H groups in total. The van der Waals surface area contributed by atoms with E-state index in [1.165, 1.54) is 10.4 Å². The fourth-order valence-corrected chi connectivity index (χ4v) is 4.51. The normalized spacial score (nSPS) is 12.0. The van der Waals surface area contributed by atoms with Crippen LogP contribution >= 0.6 is 27.3 Å². The summed E-state index contributed by atoms with van der Waals surface area (Å²) in [6.45, 7) is 3.40. The maximum absolute atomic E-state index is 12.3. The number of benzene rings is 1. The Bertz CT molecular complexity index is 693. The molecule has 0 amide bonds. The molecule has 0 aliphatic heterocycles. The Morgan fingerprint density at radius 1 is 1.19 bits per heavy atom. The van der Waals surface area contributed by atoms with Gasteiger partial charge >= 0.3 is 0 Å². The van der Waals surface area contributed by atoms with Crippen LogP contribution in [0.25, 0.3) is 0 Å². The van der Waals surface area contributed by atoms with Gasteiger partial charge in [-0.1, -0.05) is 15.9 Å². The van der Waals surface area contributed by atoms with Gasteiger partial charge in [-0.2, -0.15) is 0 Å². The summed E-state index contributed by atoms with van der Waals surface area (Å²) in [7, 11) is -1.27. The fraction of sp³-hybridized carbons (Fsp3) is 0.333. The summed E-state index contributed by atoms with van der Waals surface area (Å²) in [5.74, 6) is 0.134. The molecule has 1 aromatic carbocycles. The van der Waals surface area contributed by atoms with Gasteiger partial charge in [0, 0.05) is 22.4 Å². The number of rotatable bonds is 6. The van der Waals surface area contributed by atoms with E-state index in [1.807, 2.05) is 7.05 Å². The lowest BCUT2D eigenvalue weighted by Gasteiger charge is -2.16. The topological polar surface area (TPSA) is 37.4 Å². The minimum atomic E-state index is -3.22. The van der Waals surface area contributed by atoms with E-state index in [4.69, 9.17) is 0 Å². The number of halogens is 1. The molecule has 6 heteroatoms. The molecule has 2 aromatic rings. The van der Waals surface area contributed by atoms with Crippen molar-refractivity contribution in [3.8, 4) is 0 Å². The van der Waals surface area contributed by atoms with Crippen LogP contribution in [0.3, 0.4) is 0 Å². The first kappa shape index (κ1) is 16.7. The van der Waals surface area contributed by atoms with Crippen LogP contribution in [0.2, 0.25) is 0 Å². The zero-order valence-electron chi connectivity index (χ0n) is 12.0. The maximum atomic E-state index is 12.3. The van der Waals surface area contributed by atoms with E-state index >= 15 is 0 Å². The van der Waals surface area contributed by atoms with Gasteiger partial charge in [-0.25, -0.2) is 8.42 Å². The molecule has 0 spiro atoms. The van der Waals surface area contributed by atoms with E-state index in [0.717, 1.165) is 11.0 Å². The second kappa shape index (κ2) is 7.05. The Morgan fingerprint density at radius 2 is 1.86 bits per heavy atom. The summed E-state index contributed by atoms with van der Waals surface area (Å²) in [6.07, 6.45) is 0. The smallest absolute Gasteiger partial charge is 0.179 e. The molecular weight excluding hydrogens is 370 g/mol. The SMILES string of the molecule is Cc1ccsc1CN(C)CCS(=O)(=O)c1ccc(Br)cc1. The molecule has 1 aromatic heterocycles. The van der Waals surface area contributed by atoms with Crippen molar-refractivity contribution in [1.82, 2.24) is 4.90 Å². The van der Waals surface area contributed by atoms with Crippen LogP contribution in [-0.2, 0) is 16.4 Å². The first-order valence-corrected chi connectivity index (χ1v) is 9.91. The zero-order chi connectivity index (χ0) is 15.5. The summed E-state index contributed by atoms with van der Waals surface area (Å²) < 4.78 is 25.4. The minimum absolute atomic E-state index is 0.134.